The largest absolute Gasteiger partial charge is 0.350 e. The number of carbonyl (C=O) groups excluding carboxylic acids is 1. The lowest BCUT2D eigenvalue weighted by Crippen LogP contribution is -2.33. The number of benzene rings is 1. The molecule has 1 N–H and O–H groups in total. The maximum atomic E-state index is 12.4. The number of amides is 1. The maximum Gasteiger partial charge on any atom is 0.275 e. The van der Waals surface area contributed by atoms with Crippen LogP contribution in [-0.4, -0.2) is 27.2 Å². The van der Waals surface area contributed by atoms with Gasteiger partial charge in [-0.2, -0.15) is 5.10 Å². The lowest BCUT2D eigenvalue weighted by atomic mass is 10.2. The molecule has 6 nitrogen and oxygen atoms in total. The van der Waals surface area contributed by atoms with Crippen molar-refractivity contribution >= 4 is 17.2 Å². The molecule has 0 aliphatic heterocycles. The fourth-order valence-electron chi connectivity index (χ4n) is 2.45. The van der Waals surface area contributed by atoms with Gasteiger partial charge in [0, 0.05) is 30.1 Å². The van der Waals surface area contributed by atoms with Crippen molar-refractivity contribution in [1.29, 1.82) is 0 Å². The molecule has 0 saturated carbocycles. The second-order valence-electron chi connectivity index (χ2n) is 5.61. The molecule has 0 aliphatic rings. The van der Waals surface area contributed by atoms with Gasteiger partial charge >= 0.3 is 0 Å². The first kappa shape index (κ1) is 17.0. The van der Waals surface area contributed by atoms with Crippen LogP contribution in [0.15, 0.2) is 46.6 Å². The monoisotopic (exact) mass is 354 g/mol. The van der Waals surface area contributed by atoms with Gasteiger partial charge in [-0.3, -0.25) is 9.59 Å². The summed E-state index contributed by atoms with van der Waals surface area (Å²) in [6, 6.07) is 10.8. The molecule has 0 aliphatic carbocycles. The first-order valence-corrected chi connectivity index (χ1v) is 8.78. The third-order valence-corrected chi connectivity index (χ3v) is 4.48. The minimum Gasteiger partial charge on any atom is -0.350 e. The first-order valence-electron chi connectivity index (χ1n) is 7.90. The number of rotatable bonds is 5. The summed E-state index contributed by atoms with van der Waals surface area (Å²) >= 11 is 1.57. The molecule has 0 bridgehead atoms. The smallest absolute Gasteiger partial charge is 0.275 e. The number of carbonyl (C=O) groups is 1. The molecule has 7 heteroatoms. The Balaban J connectivity index is 1.77. The van der Waals surface area contributed by atoms with Crippen LogP contribution >= 0.6 is 11.3 Å². The molecule has 0 spiro atoms. The highest BCUT2D eigenvalue weighted by molar-refractivity contribution is 7.09. The lowest BCUT2D eigenvalue weighted by molar-refractivity contribution is 0.0946. The van der Waals surface area contributed by atoms with Crippen molar-refractivity contribution in [2.45, 2.75) is 20.3 Å². The molecule has 128 valence electrons. The minimum absolute atomic E-state index is 0.107. The Morgan fingerprint density at radius 1 is 1.24 bits per heavy atom. The predicted molar refractivity (Wildman–Crippen MR) is 97.5 cm³/mol. The molecule has 0 unspecified atom stereocenters. The fraction of sp³-hybridized carbons (Fsp3) is 0.222. The van der Waals surface area contributed by atoms with Gasteiger partial charge in [0.15, 0.2) is 5.69 Å². The SMILES string of the molecule is Cc1nc(CCNC(=O)c2nn(-c3ccccc3)c(C)cc2=O)cs1. The van der Waals surface area contributed by atoms with E-state index in [9.17, 15) is 9.59 Å². The van der Waals surface area contributed by atoms with Crippen LogP contribution in [0.3, 0.4) is 0 Å². The van der Waals surface area contributed by atoms with Crippen LogP contribution in [0, 0.1) is 13.8 Å². The second kappa shape index (κ2) is 7.40. The Hall–Kier alpha value is -2.80. The zero-order chi connectivity index (χ0) is 17.8. The molecule has 0 fully saturated rings. The average Bonchev–Trinajstić information content (AvgIpc) is 3.01. The Morgan fingerprint density at radius 2 is 2.00 bits per heavy atom. The third kappa shape index (κ3) is 4.00. The van der Waals surface area contributed by atoms with Gasteiger partial charge in [0.25, 0.3) is 5.91 Å². The number of nitrogens with zero attached hydrogens (tertiary/aromatic N) is 3. The van der Waals surface area contributed by atoms with E-state index >= 15 is 0 Å². The van der Waals surface area contributed by atoms with E-state index in [0.29, 0.717) is 18.7 Å². The first-order chi connectivity index (χ1) is 12.0. The average molecular weight is 354 g/mol. The van der Waals surface area contributed by atoms with E-state index in [1.807, 2.05) is 42.6 Å². The van der Waals surface area contributed by atoms with E-state index in [1.165, 1.54) is 6.07 Å². The number of aryl methyl sites for hydroxylation is 2. The predicted octanol–water partition coefficient (Wildman–Crippen LogP) is 2.28. The summed E-state index contributed by atoms with van der Waals surface area (Å²) in [5.74, 6) is -0.471. The van der Waals surface area contributed by atoms with E-state index in [1.54, 1.807) is 22.9 Å². The molecule has 0 atom stereocenters. The van der Waals surface area contributed by atoms with Crippen LogP contribution < -0.4 is 10.7 Å². The number of para-hydroxylation sites is 1. The third-order valence-electron chi connectivity index (χ3n) is 3.66. The van der Waals surface area contributed by atoms with Crippen molar-refractivity contribution in [2.75, 3.05) is 6.54 Å². The molecule has 25 heavy (non-hydrogen) atoms. The van der Waals surface area contributed by atoms with E-state index < -0.39 is 5.91 Å². The molecule has 0 saturated heterocycles. The van der Waals surface area contributed by atoms with Crippen LogP contribution in [0.2, 0.25) is 0 Å². The van der Waals surface area contributed by atoms with Crippen LogP contribution in [0.5, 0.6) is 0 Å². The summed E-state index contributed by atoms with van der Waals surface area (Å²) in [5.41, 5.74) is 1.91. The Kier molecular flexibility index (Phi) is 5.04. The highest BCUT2D eigenvalue weighted by Gasteiger charge is 2.15. The van der Waals surface area contributed by atoms with E-state index in [4.69, 9.17) is 0 Å². The fourth-order valence-corrected chi connectivity index (χ4v) is 3.09. The molecule has 2 heterocycles. The standard InChI is InChI=1S/C18H18N4O2S/c1-12-10-16(23)17(21-22(12)15-6-4-3-5-7-15)18(24)19-9-8-14-11-25-13(2)20-14/h3-7,10-11H,8-9H2,1-2H3,(H,19,24). The Labute approximate surface area is 149 Å². The second-order valence-corrected chi connectivity index (χ2v) is 6.67. The van der Waals surface area contributed by atoms with Crippen molar-refractivity contribution in [2.24, 2.45) is 0 Å². The van der Waals surface area contributed by atoms with Crippen molar-refractivity contribution in [1.82, 2.24) is 20.1 Å². The normalized spacial score (nSPS) is 10.6. The van der Waals surface area contributed by atoms with E-state index in [2.05, 4.69) is 15.4 Å². The topological polar surface area (TPSA) is 76.9 Å². The Morgan fingerprint density at radius 3 is 2.68 bits per heavy atom. The van der Waals surface area contributed by atoms with Gasteiger partial charge in [-0.05, 0) is 26.0 Å². The molecule has 3 rings (SSSR count). The molecule has 1 aromatic carbocycles. The number of hydrogen-bond acceptors (Lipinski definition) is 5. The minimum atomic E-state index is -0.471. The number of aromatic nitrogens is 3. The zero-order valence-corrected chi connectivity index (χ0v) is 14.8. The summed E-state index contributed by atoms with van der Waals surface area (Å²) in [5, 5.41) is 9.95. The zero-order valence-electron chi connectivity index (χ0n) is 14.0. The summed E-state index contributed by atoms with van der Waals surface area (Å²) in [6.07, 6.45) is 0.620. The van der Waals surface area contributed by atoms with Crippen LogP contribution in [0.4, 0.5) is 0 Å². The summed E-state index contributed by atoms with van der Waals surface area (Å²) in [6.45, 7) is 4.13. The molecule has 0 radical (unpaired) electrons. The Bertz CT molecular complexity index is 947. The van der Waals surface area contributed by atoms with Crippen LogP contribution in [-0.2, 0) is 6.42 Å². The van der Waals surface area contributed by atoms with Gasteiger partial charge < -0.3 is 5.32 Å². The van der Waals surface area contributed by atoms with Crippen LogP contribution in [0.1, 0.15) is 26.9 Å². The van der Waals surface area contributed by atoms with Crippen molar-refractivity contribution in [3.8, 4) is 5.69 Å². The van der Waals surface area contributed by atoms with Gasteiger partial charge in [0.1, 0.15) is 0 Å². The van der Waals surface area contributed by atoms with Crippen LogP contribution in [0.25, 0.3) is 5.69 Å². The summed E-state index contributed by atoms with van der Waals surface area (Å²) in [7, 11) is 0. The molecular formula is C18H18N4O2S. The van der Waals surface area contributed by atoms with Gasteiger partial charge in [0.05, 0.1) is 16.4 Å². The quantitative estimate of drug-likeness (QED) is 0.763. The van der Waals surface area contributed by atoms with Gasteiger partial charge in [0.2, 0.25) is 5.43 Å². The van der Waals surface area contributed by atoms with Gasteiger partial charge in [-0.1, -0.05) is 18.2 Å². The number of hydrogen-bond donors (Lipinski definition) is 1. The van der Waals surface area contributed by atoms with Gasteiger partial charge in [-0.15, -0.1) is 11.3 Å². The number of thiazole rings is 1. The highest BCUT2D eigenvalue weighted by Crippen LogP contribution is 2.09. The summed E-state index contributed by atoms with van der Waals surface area (Å²) < 4.78 is 1.60. The summed E-state index contributed by atoms with van der Waals surface area (Å²) in [4.78, 5) is 28.9. The highest BCUT2D eigenvalue weighted by atomic mass is 32.1. The molecular weight excluding hydrogens is 336 g/mol. The molecule has 1 amide bonds. The van der Waals surface area contributed by atoms with E-state index in [-0.39, 0.29) is 11.1 Å². The van der Waals surface area contributed by atoms with Crippen molar-refractivity contribution < 1.29 is 4.79 Å². The molecule has 3 aromatic rings. The maximum absolute atomic E-state index is 12.4. The van der Waals surface area contributed by atoms with E-state index in [0.717, 1.165) is 16.4 Å². The van der Waals surface area contributed by atoms with Crippen molar-refractivity contribution in [3.05, 3.63) is 74.1 Å². The lowest BCUT2D eigenvalue weighted by Gasteiger charge is -2.11. The van der Waals surface area contributed by atoms with Crippen molar-refractivity contribution in [3.63, 3.8) is 0 Å². The van der Waals surface area contributed by atoms with Gasteiger partial charge in [-0.25, -0.2) is 9.67 Å². The number of nitrogens with one attached hydrogen (secondary N) is 1. The molecule has 2 aromatic heterocycles.